The maximum Gasteiger partial charge on any atom is 0.0762 e. The lowest BCUT2D eigenvalue weighted by molar-refractivity contribution is 0.199. The zero-order valence-electron chi connectivity index (χ0n) is 8.62. The Morgan fingerprint density at radius 2 is 1.93 bits per heavy atom. The molecule has 0 aliphatic heterocycles. The van der Waals surface area contributed by atoms with Gasteiger partial charge in [-0.3, -0.25) is 0 Å². The number of aliphatic hydroxyl groups is 1. The smallest absolute Gasteiger partial charge is 0.0762 e. The molecule has 0 radical (unpaired) electrons. The number of aliphatic hydroxyl groups excluding tert-OH is 1. The van der Waals surface area contributed by atoms with E-state index in [1.807, 2.05) is 23.9 Å². The summed E-state index contributed by atoms with van der Waals surface area (Å²) in [5.41, 5.74) is 0.949. The molecule has 0 aromatic heterocycles. The van der Waals surface area contributed by atoms with Crippen molar-refractivity contribution in [1.29, 1.82) is 0 Å². The van der Waals surface area contributed by atoms with Crippen LogP contribution in [0, 0.1) is 0 Å². The third-order valence-electron chi connectivity index (χ3n) is 1.80. The van der Waals surface area contributed by atoms with E-state index in [0.29, 0.717) is 5.25 Å². The Balaban J connectivity index is 2.90. The topological polar surface area (TPSA) is 20.2 Å². The van der Waals surface area contributed by atoms with Gasteiger partial charge in [-0.05, 0) is 40.5 Å². The first-order chi connectivity index (χ1) is 6.50. The van der Waals surface area contributed by atoms with Crippen LogP contribution >= 0.6 is 27.7 Å². The third-order valence-corrected chi connectivity index (χ3v) is 3.80. The number of hydrogen-bond acceptors (Lipinski definition) is 2. The standard InChI is InChI=1S/C11H15BrOS/c1-7(2)14-11-5-4-9(8(3)13)6-10(11)12/h4-8,13H,1-3H3/t8-/m1/s1. The maximum absolute atomic E-state index is 9.39. The van der Waals surface area contributed by atoms with Gasteiger partial charge in [0.05, 0.1) is 6.10 Å². The van der Waals surface area contributed by atoms with Crippen molar-refractivity contribution in [2.24, 2.45) is 0 Å². The molecule has 0 saturated carbocycles. The molecule has 0 aliphatic carbocycles. The van der Waals surface area contributed by atoms with E-state index < -0.39 is 6.10 Å². The van der Waals surface area contributed by atoms with Crippen LogP contribution in [-0.4, -0.2) is 10.4 Å². The Bertz CT molecular complexity index is 310. The van der Waals surface area contributed by atoms with Gasteiger partial charge in [-0.15, -0.1) is 11.8 Å². The Morgan fingerprint density at radius 3 is 2.36 bits per heavy atom. The fraction of sp³-hybridized carbons (Fsp3) is 0.455. The highest BCUT2D eigenvalue weighted by Crippen LogP contribution is 2.32. The van der Waals surface area contributed by atoms with Crippen LogP contribution < -0.4 is 0 Å². The lowest BCUT2D eigenvalue weighted by Gasteiger charge is -2.10. The van der Waals surface area contributed by atoms with Crippen molar-refractivity contribution in [2.45, 2.75) is 37.0 Å². The van der Waals surface area contributed by atoms with E-state index in [9.17, 15) is 5.11 Å². The molecule has 0 unspecified atom stereocenters. The monoisotopic (exact) mass is 274 g/mol. The van der Waals surface area contributed by atoms with Crippen molar-refractivity contribution in [1.82, 2.24) is 0 Å². The van der Waals surface area contributed by atoms with E-state index in [4.69, 9.17) is 0 Å². The van der Waals surface area contributed by atoms with E-state index in [2.05, 4.69) is 35.8 Å². The van der Waals surface area contributed by atoms with Gasteiger partial charge in [0.25, 0.3) is 0 Å². The van der Waals surface area contributed by atoms with Crippen LogP contribution in [0.15, 0.2) is 27.6 Å². The molecule has 1 aromatic rings. The molecule has 14 heavy (non-hydrogen) atoms. The van der Waals surface area contributed by atoms with Gasteiger partial charge >= 0.3 is 0 Å². The number of thioether (sulfide) groups is 1. The summed E-state index contributed by atoms with van der Waals surface area (Å²) in [5.74, 6) is 0. The zero-order valence-corrected chi connectivity index (χ0v) is 11.0. The SMILES string of the molecule is CC(C)Sc1ccc([C@@H](C)O)cc1Br. The second-order valence-electron chi connectivity index (χ2n) is 3.53. The summed E-state index contributed by atoms with van der Waals surface area (Å²) in [4.78, 5) is 1.23. The fourth-order valence-corrected chi connectivity index (χ4v) is 2.63. The van der Waals surface area contributed by atoms with Crippen LogP contribution in [0.4, 0.5) is 0 Å². The van der Waals surface area contributed by atoms with Gasteiger partial charge in [-0.25, -0.2) is 0 Å². The predicted molar refractivity (Wildman–Crippen MR) is 65.8 cm³/mol. The van der Waals surface area contributed by atoms with Crippen molar-refractivity contribution in [3.63, 3.8) is 0 Å². The van der Waals surface area contributed by atoms with Crippen molar-refractivity contribution in [3.8, 4) is 0 Å². The molecule has 0 bridgehead atoms. The van der Waals surface area contributed by atoms with Gasteiger partial charge < -0.3 is 5.11 Å². The average Bonchev–Trinajstić information content (AvgIpc) is 2.07. The van der Waals surface area contributed by atoms with E-state index in [1.165, 1.54) is 4.90 Å². The summed E-state index contributed by atoms with van der Waals surface area (Å²) in [6.45, 7) is 6.11. The lowest BCUT2D eigenvalue weighted by Crippen LogP contribution is -1.92. The van der Waals surface area contributed by atoms with Gasteiger partial charge in [0.1, 0.15) is 0 Å². The minimum atomic E-state index is -0.399. The lowest BCUT2D eigenvalue weighted by atomic mass is 10.1. The van der Waals surface area contributed by atoms with Crippen LogP contribution in [0.2, 0.25) is 0 Å². The molecule has 0 aliphatic rings. The van der Waals surface area contributed by atoms with Gasteiger partial charge in [0.15, 0.2) is 0 Å². The number of benzene rings is 1. The van der Waals surface area contributed by atoms with Crippen molar-refractivity contribution < 1.29 is 5.11 Å². The summed E-state index contributed by atoms with van der Waals surface area (Å²) in [5, 5.41) is 9.97. The van der Waals surface area contributed by atoms with E-state index >= 15 is 0 Å². The van der Waals surface area contributed by atoms with Crippen molar-refractivity contribution in [3.05, 3.63) is 28.2 Å². The first-order valence-electron chi connectivity index (χ1n) is 4.65. The van der Waals surface area contributed by atoms with Gasteiger partial charge in [-0.1, -0.05) is 19.9 Å². The molecule has 0 heterocycles. The number of rotatable bonds is 3. The molecular formula is C11H15BrOS. The fourth-order valence-electron chi connectivity index (χ4n) is 1.13. The summed E-state index contributed by atoms with van der Waals surface area (Å²) < 4.78 is 1.06. The number of halogens is 1. The molecule has 0 spiro atoms. The first-order valence-corrected chi connectivity index (χ1v) is 6.32. The normalized spacial score (nSPS) is 13.3. The minimum absolute atomic E-state index is 0.399. The van der Waals surface area contributed by atoms with Crippen LogP contribution in [0.3, 0.4) is 0 Å². The van der Waals surface area contributed by atoms with Crippen molar-refractivity contribution in [2.75, 3.05) is 0 Å². The van der Waals surface area contributed by atoms with Crippen molar-refractivity contribution >= 4 is 27.7 Å². The summed E-state index contributed by atoms with van der Waals surface area (Å²) in [6.07, 6.45) is -0.399. The molecule has 1 atom stereocenters. The summed E-state index contributed by atoms with van der Waals surface area (Å²) in [7, 11) is 0. The average molecular weight is 275 g/mol. The largest absolute Gasteiger partial charge is 0.389 e. The van der Waals surface area contributed by atoms with E-state index in [1.54, 1.807) is 6.92 Å². The molecule has 0 saturated heterocycles. The molecule has 0 fully saturated rings. The Labute approximate surface area is 98.0 Å². The molecule has 1 N–H and O–H groups in total. The van der Waals surface area contributed by atoms with E-state index in [-0.39, 0.29) is 0 Å². The van der Waals surface area contributed by atoms with Crippen LogP contribution in [0.5, 0.6) is 0 Å². The zero-order chi connectivity index (χ0) is 10.7. The molecule has 3 heteroatoms. The van der Waals surface area contributed by atoms with Crippen LogP contribution in [-0.2, 0) is 0 Å². The highest BCUT2D eigenvalue weighted by atomic mass is 79.9. The van der Waals surface area contributed by atoms with E-state index in [0.717, 1.165) is 10.0 Å². The Hall–Kier alpha value is 0.01000. The quantitative estimate of drug-likeness (QED) is 0.841. The van der Waals surface area contributed by atoms with Crippen LogP contribution in [0.25, 0.3) is 0 Å². The second kappa shape index (κ2) is 5.19. The Morgan fingerprint density at radius 1 is 1.29 bits per heavy atom. The highest BCUT2D eigenvalue weighted by molar-refractivity contribution is 9.10. The summed E-state index contributed by atoms with van der Waals surface area (Å²) in [6, 6.07) is 6.01. The molecule has 0 amide bonds. The first kappa shape index (κ1) is 12.1. The highest BCUT2D eigenvalue weighted by Gasteiger charge is 2.06. The molecule has 1 nitrogen and oxygen atoms in total. The van der Waals surface area contributed by atoms with Gasteiger partial charge in [-0.2, -0.15) is 0 Å². The number of hydrogen-bond donors (Lipinski definition) is 1. The molecule has 1 rings (SSSR count). The second-order valence-corrected chi connectivity index (χ2v) is 6.01. The molecule has 1 aromatic carbocycles. The predicted octanol–water partition coefficient (Wildman–Crippen LogP) is 4.00. The minimum Gasteiger partial charge on any atom is -0.389 e. The Kier molecular flexibility index (Phi) is 4.48. The van der Waals surface area contributed by atoms with Gasteiger partial charge in [0, 0.05) is 14.6 Å². The van der Waals surface area contributed by atoms with Gasteiger partial charge in [0.2, 0.25) is 0 Å². The maximum atomic E-state index is 9.39. The molecule has 78 valence electrons. The third kappa shape index (κ3) is 3.30. The van der Waals surface area contributed by atoms with Crippen LogP contribution in [0.1, 0.15) is 32.4 Å². The summed E-state index contributed by atoms with van der Waals surface area (Å²) >= 11 is 5.33. The molecular weight excluding hydrogens is 260 g/mol.